The van der Waals surface area contributed by atoms with Crippen molar-refractivity contribution in [1.82, 2.24) is 0 Å². The van der Waals surface area contributed by atoms with Crippen molar-refractivity contribution in [3.05, 3.63) is 33.9 Å². The van der Waals surface area contributed by atoms with Gasteiger partial charge in [-0.25, -0.2) is 0 Å². The third-order valence-electron chi connectivity index (χ3n) is 2.70. The number of nitrogens with one attached hydrogen (secondary N) is 1. The summed E-state index contributed by atoms with van der Waals surface area (Å²) in [7, 11) is 0. The molecule has 0 radical (unpaired) electrons. The van der Waals surface area contributed by atoms with Crippen LogP contribution in [-0.4, -0.2) is 17.4 Å². The van der Waals surface area contributed by atoms with Gasteiger partial charge in [-0.1, -0.05) is 0 Å². The predicted molar refractivity (Wildman–Crippen MR) is 69.3 cm³/mol. The van der Waals surface area contributed by atoms with Crippen LogP contribution >= 0.6 is 0 Å². The van der Waals surface area contributed by atoms with Crippen LogP contribution in [0.4, 0.5) is 11.4 Å². The van der Waals surface area contributed by atoms with E-state index in [1.807, 2.05) is 6.07 Å². The Kier molecular flexibility index (Phi) is 4.19. The van der Waals surface area contributed by atoms with Crippen molar-refractivity contribution >= 4 is 17.3 Å². The minimum atomic E-state index is -0.832. The number of benzene rings is 1. The van der Waals surface area contributed by atoms with Gasteiger partial charge >= 0.3 is 0 Å². The first-order chi connectivity index (χ1) is 8.81. The number of hydrogen-bond acceptors (Lipinski definition) is 5. The molecule has 0 fully saturated rings. The number of nitro benzene ring substituents is 1. The van der Waals surface area contributed by atoms with Crippen molar-refractivity contribution < 1.29 is 9.72 Å². The highest BCUT2D eigenvalue weighted by atomic mass is 16.6. The van der Waals surface area contributed by atoms with E-state index >= 15 is 0 Å². The first-order valence-corrected chi connectivity index (χ1v) is 5.52. The van der Waals surface area contributed by atoms with E-state index in [1.54, 1.807) is 13.8 Å². The smallest absolute Gasteiger partial charge is 0.294 e. The number of carbonyl (C=O) groups excluding carboxylic acids is 1. The first kappa shape index (κ1) is 14.6. The van der Waals surface area contributed by atoms with E-state index in [0.29, 0.717) is 0 Å². The maximum absolute atomic E-state index is 11.9. The monoisotopic (exact) mass is 262 g/mol. The van der Waals surface area contributed by atoms with Gasteiger partial charge in [0.25, 0.3) is 5.69 Å². The molecule has 0 bridgehead atoms. The quantitative estimate of drug-likeness (QED) is 0.627. The number of nitrogens with zero attached hydrogens (tertiary/aromatic N) is 2. The Morgan fingerprint density at radius 1 is 1.58 bits per heavy atom. The fourth-order valence-electron chi connectivity index (χ4n) is 1.24. The summed E-state index contributed by atoms with van der Waals surface area (Å²) < 4.78 is 0. The topological polar surface area (TPSA) is 122 Å². The number of nitrogens with two attached hydrogens (primary N) is 1. The van der Waals surface area contributed by atoms with E-state index in [-0.39, 0.29) is 23.5 Å². The number of anilines is 1. The van der Waals surface area contributed by atoms with Crippen molar-refractivity contribution in [3.63, 3.8) is 0 Å². The van der Waals surface area contributed by atoms with Crippen LogP contribution in [0.5, 0.6) is 0 Å². The van der Waals surface area contributed by atoms with Crippen LogP contribution in [0.1, 0.15) is 19.4 Å². The van der Waals surface area contributed by atoms with Crippen molar-refractivity contribution in [2.24, 2.45) is 11.1 Å². The van der Waals surface area contributed by atoms with Crippen LogP contribution in [0.2, 0.25) is 0 Å². The lowest BCUT2D eigenvalue weighted by Crippen LogP contribution is -2.37. The van der Waals surface area contributed by atoms with E-state index in [1.165, 1.54) is 12.1 Å². The van der Waals surface area contributed by atoms with Gasteiger partial charge in [0, 0.05) is 12.6 Å². The van der Waals surface area contributed by atoms with E-state index in [2.05, 4.69) is 5.32 Å². The number of carbonyl (C=O) groups is 1. The maximum atomic E-state index is 11.9. The summed E-state index contributed by atoms with van der Waals surface area (Å²) in [5.41, 5.74) is 4.52. The Labute approximate surface area is 110 Å². The van der Waals surface area contributed by atoms with Gasteiger partial charge in [0.1, 0.15) is 5.69 Å². The summed E-state index contributed by atoms with van der Waals surface area (Å²) in [6, 6.07) is 5.66. The summed E-state index contributed by atoms with van der Waals surface area (Å²) in [5, 5.41) is 22.1. The Hall–Kier alpha value is -2.46. The van der Waals surface area contributed by atoms with Crippen molar-refractivity contribution in [3.8, 4) is 6.07 Å². The van der Waals surface area contributed by atoms with E-state index in [4.69, 9.17) is 11.0 Å². The molecule has 0 spiro atoms. The lowest BCUT2D eigenvalue weighted by molar-refractivity contribution is -0.384. The first-order valence-electron chi connectivity index (χ1n) is 5.52. The van der Waals surface area contributed by atoms with Crippen molar-refractivity contribution in [2.75, 3.05) is 11.9 Å². The van der Waals surface area contributed by atoms with Gasteiger partial charge in [-0.3, -0.25) is 14.9 Å². The maximum Gasteiger partial charge on any atom is 0.294 e. The van der Waals surface area contributed by atoms with Crippen LogP contribution in [0.15, 0.2) is 18.2 Å². The third kappa shape index (κ3) is 3.26. The average molecular weight is 262 g/mol. The van der Waals surface area contributed by atoms with E-state index in [0.717, 1.165) is 6.07 Å². The minimum absolute atomic E-state index is 0.0514. The van der Waals surface area contributed by atoms with Gasteiger partial charge in [0.05, 0.1) is 22.0 Å². The number of rotatable bonds is 4. The molecule has 7 nitrogen and oxygen atoms in total. The summed E-state index contributed by atoms with van der Waals surface area (Å²) in [6.45, 7) is 3.39. The molecule has 0 heterocycles. The summed E-state index contributed by atoms with van der Waals surface area (Å²) in [5.74, 6) is -0.414. The molecule has 3 N–H and O–H groups in total. The molecule has 1 aromatic rings. The Morgan fingerprint density at radius 2 is 2.21 bits per heavy atom. The molecule has 0 atom stereocenters. The molecular formula is C12H14N4O3. The highest BCUT2D eigenvalue weighted by Crippen LogP contribution is 2.27. The molecule has 0 saturated heterocycles. The number of nitro groups is 1. The van der Waals surface area contributed by atoms with Crippen molar-refractivity contribution in [1.29, 1.82) is 5.26 Å². The van der Waals surface area contributed by atoms with Gasteiger partial charge in [0.15, 0.2) is 0 Å². The fourth-order valence-corrected chi connectivity index (χ4v) is 1.24. The molecule has 0 aliphatic heterocycles. The highest BCUT2D eigenvalue weighted by molar-refractivity contribution is 5.96. The van der Waals surface area contributed by atoms with Gasteiger partial charge in [-0.2, -0.15) is 5.26 Å². The zero-order chi connectivity index (χ0) is 14.6. The number of amides is 1. The van der Waals surface area contributed by atoms with Crippen LogP contribution < -0.4 is 11.1 Å². The Bertz CT molecular complexity index is 561. The molecule has 0 aromatic heterocycles. The normalized spacial score (nSPS) is 10.6. The van der Waals surface area contributed by atoms with E-state index in [9.17, 15) is 14.9 Å². The van der Waals surface area contributed by atoms with Crippen LogP contribution in [0, 0.1) is 26.9 Å². The molecule has 1 amide bonds. The lowest BCUT2D eigenvalue weighted by Gasteiger charge is -2.21. The second kappa shape index (κ2) is 5.46. The second-order valence-corrected chi connectivity index (χ2v) is 4.64. The zero-order valence-corrected chi connectivity index (χ0v) is 10.6. The Balaban J connectivity index is 3.12. The zero-order valence-electron chi connectivity index (χ0n) is 10.6. The molecule has 0 aliphatic rings. The predicted octanol–water partition coefficient (Wildman–Crippen LogP) is 1.39. The highest BCUT2D eigenvalue weighted by Gasteiger charge is 2.28. The number of hydrogen-bond donors (Lipinski definition) is 2. The minimum Gasteiger partial charge on any atom is -0.329 e. The standard InChI is InChI=1S/C12H14N4O3/c1-12(2,7-14)11(17)15-9-4-3-8(6-13)5-10(9)16(18)19/h3-5H,7,14H2,1-2H3,(H,15,17). The molecule has 7 heteroatoms. The lowest BCUT2D eigenvalue weighted by atomic mass is 9.92. The SMILES string of the molecule is CC(C)(CN)C(=O)Nc1ccc(C#N)cc1[N+](=O)[O-]. The molecule has 1 rings (SSSR count). The van der Waals surface area contributed by atoms with Crippen LogP contribution in [0.3, 0.4) is 0 Å². The Morgan fingerprint density at radius 3 is 2.68 bits per heavy atom. The fraction of sp³-hybridized carbons (Fsp3) is 0.333. The largest absolute Gasteiger partial charge is 0.329 e. The second-order valence-electron chi connectivity index (χ2n) is 4.64. The summed E-state index contributed by atoms with van der Waals surface area (Å²) in [4.78, 5) is 22.2. The summed E-state index contributed by atoms with van der Waals surface area (Å²) >= 11 is 0. The van der Waals surface area contributed by atoms with Crippen LogP contribution in [-0.2, 0) is 4.79 Å². The van der Waals surface area contributed by atoms with Gasteiger partial charge < -0.3 is 11.1 Å². The van der Waals surface area contributed by atoms with Gasteiger partial charge in [-0.05, 0) is 26.0 Å². The van der Waals surface area contributed by atoms with Crippen molar-refractivity contribution in [2.45, 2.75) is 13.8 Å². The number of nitriles is 1. The molecule has 100 valence electrons. The van der Waals surface area contributed by atoms with Crippen LogP contribution in [0.25, 0.3) is 0 Å². The third-order valence-corrected chi connectivity index (χ3v) is 2.70. The summed E-state index contributed by atoms with van der Waals surface area (Å²) in [6.07, 6.45) is 0. The molecule has 0 aliphatic carbocycles. The molecule has 0 saturated carbocycles. The molecule has 19 heavy (non-hydrogen) atoms. The van der Waals surface area contributed by atoms with Gasteiger partial charge in [-0.15, -0.1) is 0 Å². The van der Waals surface area contributed by atoms with E-state index < -0.39 is 16.2 Å². The molecular weight excluding hydrogens is 248 g/mol. The molecule has 0 unspecified atom stereocenters. The molecule has 1 aromatic carbocycles. The average Bonchev–Trinajstić information content (AvgIpc) is 2.38. The van der Waals surface area contributed by atoms with Gasteiger partial charge in [0.2, 0.25) is 5.91 Å².